The van der Waals surface area contributed by atoms with E-state index in [1.807, 2.05) is 6.92 Å². The molecule has 2 aromatic rings. The molecule has 8 heteroatoms. The number of amides is 1. The van der Waals surface area contributed by atoms with Crippen LogP contribution < -0.4 is 0 Å². The first-order valence-corrected chi connectivity index (χ1v) is 8.61. The van der Waals surface area contributed by atoms with Gasteiger partial charge in [-0.3, -0.25) is 9.78 Å². The van der Waals surface area contributed by atoms with E-state index >= 15 is 0 Å². The van der Waals surface area contributed by atoms with Gasteiger partial charge in [0.05, 0.1) is 0 Å². The van der Waals surface area contributed by atoms with Crippen molar-refractivity contribution in [3.05, 3.63) is 47.3 Å². The van der Waals surface area contributed by atoms with Crippen LogP contribution in [-0.4, -0.2) is 38.9 Å². The monoisotopic (exact) mass is 366 g/mol. The number of carbonyl (C=O) groups is 1. The molecule has 26 heavy (non-hydrogen) atoms. The lowest BCUT2D eigenvalue weighted by atomic mass is 9.98. The van der Waals surface area contributed by atoms with Gasteiger partial charge in [-0.15, -0.1) is 0 Å². The van der Waals surface area contributed by atoms with Gasteiger partial charge in [0.2, 0.25) is 0 Å². The normalized spacial score (nSPS) is 17.0. The van der Waals surface area contributed by atoms with E-state index in [4.69, 9.17) is 0 Å². The van der Waals surface area contributed by atoms with Gasteiger partial charge < -0.3 is 9.47 Å². The number of halogens is 3. The second kappa shape index (κ2) is 7.09. The Morgan fingerprint density at radius 2 is 2.19 bits per heavy atom. The van der Waals surface area contributed by atoms with Crippen LogP contribution in [0.2, 0.25) is 0 Å². The van der Waals surface area contributed by atoms with Crippen molar-refractivity contribution in [1.82, 2.24) is 19.4 Å². The molecule has 0 N–H and O–H groups in total. The summed E-state index contributed by atoms with van der Waals surface area (Å²) in [5, 5.41) is 0. The number of pyridine rings is 1. The highest BCUT2D eigenvalue weighted by atomic mass is 19.4. The predicted octanol–water partition coefficient (Wildman–Crippen LogP) is 3.19. The van der Waals surface area contributed by atoms with Crippen LogP contribution in [0.1, 0.15) is 40.8 Å². The first-order valence-electron chi connectivity index (χ1n) is 8.61. The Balaban J connectivity index is 1.68. The molecule has 2 aromatic heterocycles. The first kappa shape index (κ1) is 18.4. The molecule has 0 spiro atoms. The Kier molecular flexibility index (Phi) is 5.02. The number of hydrogen-bond donors (Lipinski definition) is 0. The highest BCUT2D eigenvalue weighted by molar-refractivity contribution is 5.95. The molecule has 3 rings (SSSR count). The van der Waals surface area contributed by atoms with E-state index in [-0.39, 0.29) is 11.8 Å². The molecular weight excluding hydrogens is 345 g/mol. The van der Waals surface area contributed by atoms with Crippen molar-refractivity contribution >= 4 is 5.91 Å². The lowest BCUT2D eigenvalue weighted by molar-refractivity contribution is -0.141. The van der Waals surface area contributed by atoms with Gasteiger partial charge in [-0.25, -0.2) is 4.98 Å². The summed E-state index contributed by atoms with van der Waals surface area (Å²) in [7, 11) is 1.73. The van der Waals surface area contributed by atoms with E-state index in [1.165, 1.54) is 0 Å². The van der Waals surface area contributed by atoms with Crippen molar-refractivity contribution in [2.45, 2.75) is 38.9 Å². The van der Waals surface area contributed by atoms with Crippen molar-refractivity contribution in [1.29, 1.82) is 0 Å². The molecular formula is C18H21F3N4O. The molecule has 0 saturated carbocycles. The number of hydrogen-bond acceptors (Lipinski definition) is 3. The van der Waals surface area contributed by atoms with Crippen LogP contribution in [0.25, 0.3) is 0 Å². The summed E-state index contributed by atoms with van der Waals surface area (Å²) in [6.07, 6.45) is 1.84. The zero-order chi connectivity index (χ0) is 18.9. The van der Waals surface area contributed by atoms with Crippen molar-refractivity contribution in [2.75, 3.05) is 13.6 Å². The molecule has 0 fully saturated rings. The van der Waals surface area contributed by atoms with E-state index < -0.39 is 11.9 Å². The van der Waals surface area contributed by atoms with Crippen molar-refractivity contribution in [3.8, 4) is 0 Å². The second-order valence-corrected chi connectivity index (χ2v) is 6.67. The number of fused-ring (bicyclic) bond motifs is 1. The van der Waals surface area contributed by atoms with Gasteiger partial charge in [0, 0.05) is 50.7 Å². The van der Waals surface area contributed by atoms with Gasteiger partial charge in [0.15, 0.2) is 5.69 Å². The molecule has 1 amide bonds. The average Bonchev–Trinajstić information content (AvgIpc) is 3.04. The fraction of sp³-hybridized carbons (Fsp3) is 0.500. The number of rotatable bonds is 4. The molecule has 1 aliphatic heterocycles. The van der Waals surface area contributed by atoms with Gasteiger partial charge in [0.25, 0.3) is 5.91 Å². The van der Waals surface area contributed by atoms with Crippen molar-refractivity contribution < 1.29 is 18.0 Å². The molecule has 140 valence electrons. The molecule has 3 heterocycles. The summed E-state index contributed by atoms with van der Waals surface area (Å²) in [6.45, 7) is 2.89. The minimum Gasteiger partial charge on any atom is -0.341 e. The van der Waals surface area contributed by atoms with Gasteiger partial charge in [0.1, 0.15) is 5.82 Å². The molecule has 0 saturated heterocycles. The van der Waals surface area contributed by atoms with Gasteiger partial charge >= 0.3 is 6.18 Å². The number of carbonyl (C=O) groups excluding carboxylic acids is 1. The lowest BCUT2D eigenvalue weighted by Gasteiger charge is -2.28. The van der Waals surface area contributed by atoms with E-state index in [0.717, 1.165) is 11.8 Å². The fourth-order valence-corrected chi connectivity index (χ4v) is 3.39. The molecule has 5 nitrogen and oxygen atoms in total. The average molecular weight is 366 g/mol. The van der Waals surface area contributed by atoms with Crippen LogP contribution in [0.15, 0.2) is 24.7 Å². The number of aromatic nitrogens is 3. The maximum Gasteiger partial charge on any atom is 0.434 e. The van der Waals surface area contributed by atoms with Crippen LogP contribution in [0, 0.1) is 5.92 Å². The SMILES string of the molecule is CCc1cnccc1C(=O)N(C)C[C@H]1CCc2nc(C(F)(F)F)cn2C1. The number of imidazole rings is 1. The van der Waals surface area contributed by atoms with Gasteiger partial charge in [-0.1, -0.05) is 6.92 Å². The quantitative estimate of drug-likeness (QED) is 0.835. The summed E-state index contributed by atoms with van der Waals surface area (Å²) in [5.41, 5.74) is 0.671. The number of aryl methyl sites for hydroxylation is 2. The molecule has 1 atom stereocenters. The Morgan fingerprint density at radius 3 is 2.88 bits per heavy atom. The van der Waals surface area contributed by atoms with E-state index in [0.29, 0.717) is 43.7 Å². The van der Waals surface area contributed by atoms with Gasteiger partial charge in [-0.2, -0.15) is 13.2 Å². The Bertz CT molecular complexity index is 800. The minimum absolute atomic E-state index is 0.0864. The van der Waals surface area contributed by atoms with Crippen LogP contribution in [0.4, 0.5) is 13.2 Å². The maximum atomic E-state index is 12.8. The Labute approximate surface area is 149 Å². The molecule has 0 aromatic carbocycles. The minimum atomic E-state index is -4.43. The van der Waals surface area contributed by atoms with E-state index in [2.05, 4.69) is 9.97 Å². The maximum absolute atomic E-state index is 12.8. The molecule has 1 aliphatic rings. The van der Waals surface area contributed by atoms with Crippen LogP contribution in [0.5, 0.6) is 0 Å². The summed E-state index contributed by atoms with van der Waals surface area (Å²) in [5.74, 6) is 0.472. The number of nitrogens with zero attached hydrogens (tertiary/aromatic N) is 4. The highest BCUT2D eigenvalue weighted by Gasteiger charge is 2.36. The third-order valence-electron chi connectivity index (χ3n) is 4.77. The van der Waals surface area contributed by atoms with E-state index in [9.17, 15) is 18.0 Å². The highest BCUT2D eigenvalue weighted by Crippen LogP contribution is 2.30. The third kappa shape index (κ3) is 3.73. The fourth-order valence-electron chi connectivity index (χ4n) is 3.39. The van der Waals surface area contributed by atoms with Crippen molar-refractivity contribution in [3.63, 3.8) is 0 Å². The molecule has 0 aliphatic carbocycles. The Hall–Kier alpha value is -2.38. The molecule has 0 radical (unpaired) electrons. The summed E-state index contributed by atoms with van der Waals surface area (Å²) >= 11 is 0. The smallest absolute Gasteiger partial charge is 0.341 e. The Morgan fingerprint density at radius 1 is 1.42 bits per heavy atom. The largest absolute Gasteiger partial charge is 0.434 e. The van der Waals surface area contributed by atoms with E-state index in [1.54, 1.807) is 35.0 Å². The second-order valence-electron chi connectivity index (χ2n) is 6.67. The standard InChI is InChI=1S/C18H21F3N4O/c1-3-13-8-22-7-6-14(13)17(26)24(2)9-12-4-5-16-23-15(18(19,20)21)11-25(16)10-12/h6-8,11-12H,3-5,9-10H2,1-2H3/t12-/m1/s1. The summed E-state index contributed by atoms with van der Waals surface area (Å²) in [6, 6.07) is 1.71. The molecule has 0 unspecified atom stereocenters. The first-order chi connectivity index (χ1) is 12.3. The zero-order valence-corrected chi connectivity index (χ0v) is 14.8. The predicted molar refractivity (Wildman–Crippen MR) is 89.6 cm³/mol. The number of alkyl halides is 3. The van der Waals surface area contributed by atoms with Crippen molar-refractivity contribution in [2.24, 2.45) is 5.92 Å². The van der Waals surface area contributed by atoms with Crippen LogP contribution >= 0.6 is 0 Å². The van der Waals surface area contributed by atoms with Gasteiger partial charge in [-0.05, 0) is 30.4 Å². The van der Waals surface area contributed by atoms with Crippen LogP contribution in [-0.2, 0) is 25.6 Å². The molecule has 0 bridgehead atoms. The zero-order valence-electron chi connectivity index (χ0n) is 14.8. The topological polar surface area (TPSA) is 51.0 Å². The third-order valence-corrected chi connectivity index (χ3v) is 4.77. The summed E-state index contributed by atoms with van der Waals surface area (Å²) < 4.78 is 40.0. The summed E-state index contributed by atoms with van der Waals surface area (Å²) in [4.78, 5) is 22.1. The van der Waals surface area contributed by atoms with Crippen LogP contribution in [0.3, 0.4) is 0 Å². The lowest BCUT2D eigenvalue weighted by Crippen LogP contribution is -2.35.